The lowest BCUT2D eigenvalue weighted by atomic mass is 10.2. The summed E-state index contributed by atoms with van der Waals surface area (Å²) in [6, 6.07) is 1.81. The second-order valence-electron chi connectivity index (χ2n) is 4.08. The SMILES string of the molecule is Cc1c(C#N)c(=O)[nH]c(=O)n1C[C@H]1CCCO1. The number of H-pyrrole nitrogens is 1. The molecule has 0 aromatic carbocycles. The summed E-state index contributed by atoms with van der Waals surface area (Å²) in [5.41, 5.74) is -0.722. The van der Waals surface area contributed by atoms with Gasteiger partial charge in [-0.25, -0.2) is 4.79 Å². The molecular formula is C11H13N3O3. The molecule has 0 spiro atoms. The maximum atomic E-state index is 11.7. The summed E-state index contributed by atoms with van der Waals surface area (Å²) < 4.78 is 6.83. The monoisotopic (exact) mass is 235 g/mol. The molecule has 0 saturated carbocycles. The van der Waals surface area contributed by atoms with E-state index in [0.717, 1.165) is 12.8 Å². The summed E-state index contributed by atoms with van der Waals surface area (Å²) in [4.78, 5) is 25.2. The Morgan fingerprint density at radius 1 is 1.59 bits per heavy atom. The molecule has 6 nitrogen and oxygen atoms in total. The quantitative estimate of drug-likeness (QED) is 0.775. The Kier molecular flexibility index (Phi) is 3.11. The molecule has 1 aliphatic heterocycles. The first kappa shape index (κ1) is 11.6. The molecule has 90 valence electrons. The summed E-state index contributed by atoms with van der Waals surface area (Å²) >= 11 is 0. The third kappa shape index (κ3) is 2.15. The third-order valence-electron chi connectivity index (χ3n) is 2.98. The van der Waals surface area contributed by atoms with Gasteiger partial charge in [0.25, 0.3) is 5.56 Å². The van der Waals surface area contributed by atoms with Gasteiger partial charge in [0.05, 0.1) is 12.6 Å². The van der Waals surface area contributed by atoms with E-state index in [1.165, 1.54) is 4.57 Å². The van der Waals surface area contributed by atoms with Crippen LogP contribution in [0.1, 0.15) is 24.1 Å². The largest absolute Gasteiger partial charge is 0.376 e. The highest BCUT2D eigenvalue weighted by molar-refractivity contribution is 5.29. The molecule has 0 bridgehead atoms. The smallest absolute Gasteiger partial charge is 0.328 e. The zero-order valence-corrected chi connectivity index (χ0v) is 9.52. The molecule has 1 fully saturated rings. The van der Waals surface area contributed by atoms with Crippen LogP contribution in [-0.2, 0) is 11.3 Å². The number of aromatic nitrogens is 2. The topological polar surface area (TPSA) is 87.9 Å². The van der Waals surface area contributed by atoms with Gasteiger partial charge in [0.1, 0.15) is 11.6 Å². The minimum Gasteiger partial charge on any atom is -0.376 e. The van der Waals surface area contributed by atoms with Crippen molar-refractivity contribution < 1.29 is 4.74 Å². The molecule has 0 aliphatic carbocycles. The zero-order chi connectivity index (χ0) is 12.4. The first-order valence-corrected chi connectivity index (χ1v) is 5.49. The van der Waals surface area contributed by atoms with Gasteiger partial charge in [0.15, 0.2) is 0 Å². The molecule has 6 heteroatoms. The molecule has 17 heavy (non-hydrogen) atoms. The number of aromatic amines is 1. The van der Waals surface area contributed by atoms with Crippen LogP contribution < -0.4 is 11.2 Å². The lowest BCUT2D eigenvalue weighted by Crippen LogP contribution is -2.36. The van der Waals surface area contributed by atoms with Crippen LogP contribution in [0.4, 0.5) is 0 Å². The van der Waals surface area contributed by atoms with Crippen molar-refractivity contribution in [2.24, 2.45) is 0 Å². The van der Waals surface area contributed by atoms with E-state index in [1.807, 2.05) is 6.07 Å². The van der Waals surface area contributed by atoms with Crippen LogP contribution in [0.25, 0.3) is 0 Å². The highest BCUT2D eigenvalue weighted by Crippen LogP contribution is 2.14. The minimum absolute atomic E-state index is 0.0103. The zero-order valence-electron chi connectivity index (χ0n) is 9.52. The maximum absolute atomic E-state index is 11.7. The molecule has 1 aromatic rings. The Bertz CT molecular complexity index is 573. The van der Waals surface area contributed by atoms with Gasteiger partial charge in [-0.1, -0.05) is 0 Å². The number of rotatable bonds is 2. The van der Waals surface area contributed by atoms with Crippen LogP contribution in [0.2, 0.25) is 0 Å². The van der Waals surface area contributed by atoms with Crippen molar-refractivity contribution in [2.75, 3.05) is 6.61 Å². The predicted molar refractivity (Wildman–Crippen MR) is 59.7 cm³/mol. The second kappa shape index (κ2) is 4.55. The fourth-order valence-corrected chi connectivity index (χ4v) is 2.02. The molecule has 1 N–H and O–H groups in total. The Morgan fingerprint density at radius 3 is 2.94 bits per heavy atom. The van der Waals surface area contributed by atoms with Crippen molar-refractivity contribution in [1.29, 1.82) is 5.26 Å². The van der Waals surface area contributed by atoms with Crippen molar-refractivity contribution >= 4 is 0 Å². The van der Waals surface area contributed by atoms with E-state index in [4.69, 9.17) is 10.00 Å². The molecule has 0 radical (unpaired) electrons. The lowest BCUT2D eigenvalue weighted by Gasteiger charge is -2.14. The van der Waals surface area contributed by atoms with Gasteiger partial charge >= 0.3 is 5.69 Å². The Balaban J connectivity index is 2.43. The van der Waals surface area contributed by atoms with Crippen molar-refractivity contribution in [3.63, 3.8) is 0 Å². The normalized spacial score (nSPS) is 19.2. The molecule has 1 saturated heterocycles. The molecular weight excluding hydrogens is 222 g/mol. The average molecular weight is 235 g/mol. The lowest BCUT2D eigenvalue weighted by molar-refractivity contribution is 0.0952. The number of hydrogen-bond acceptors (Lipinski definition) is 4. The molecule has 2 heterocycles. The van der Waals surface area contributed by atoms with E-state index in [9.17, 15) is 9.59 Å². The Labute approximate surface area is 97.5 Å². The van der Waals surface area contributed by atoms with E-state index in [-0.39, 0.29) is 11.7 Å². The van der Waals surface area contributed by atoms with E-state index >= 15 is 0 Å². The molecule has 0 unspecified atom stereocenters. The number of hydrogen-bond donors (Lipinski definition) is 1. The van der Waals surface area contributed by atoms with E-state index < -0.39 is 11.2 Å². The molecule has 0 amide bonds. The molecule has 1 aliphatic rings. The van der Waals surface area contributed by atoms with E-state index in [0.29, 0.717) is 18.8 Å². The van der Waals surface area contributed by atoms with Crippen molar-refractivity contribution in [2.45, 2.75) is 32.4 Å². The van der Waals surface area contributed by atoms with Crippen LogP contribution in [0.3, 0.4) is 0 Å². The highest BCUT2D eigenvalue weighted by Gasteiger charge is 2.19. The first-order valence-electron chi connectivity index (χ1n) is 5.49. The number of nitriles is 1. The van der Waals surface area contributed by atoms with Gasteiger partial charge in [0, 0.05) is 12.3 Å². The summed E-state index contributed by atoms with van der Waals surface area (Å²) in [6.45, 7) is 2.69. The fraction of sp³-hybridized carbons (Fsp3) is 0.545. The highest BCUT2D eigenvalue weighted by atomic mass is 16.5. The summed E-state index contributed by atoms with van der Waals surface area (Å²) in [6.07, 6.45) is 1.86. The number of nitrogens with zero attached hydrogens (tertiary/aromatic N) is 2. The Morgan fingerprint density at radius 2 is 2.35 bits per heavy atom. The number of ether oxygens (including phenoxy) is 1. The Hall–Kier alpha value is -1.87. The van der Waals surface area contributed by atoms with Crippen LogP contribution >= 0.6 is 0 Å². The molecule has 1 aromatic heterocycles. The number of nitrogens with one attached hydrogen (secondary N) is 1. The van der Waals surface area contributed by atoms with Crippen molar-refractivity contribution in [1.82, 2.24) is 9.55 Å². The van der Waals surface area contributed by atoms with Gasteiger partial charge in [-0.05, 0) is 19.8 Å². The standard InChI is InChI=1S/C11H13N3O3/c1-7-9(5-12)10(15)13-11(16)14(7)6-8-3-2-4-17-8/h8H,2-4,6H2,1H3,(H,13,15,16)/t8-/m1/s1. The van der Waals surface area contributed by atoms with Crippen LogP contribution in [0, 0.1) is 18.3 Å². The summed E-state index contributed by atoms with van der Waals surface area (Å²) in [5, 5.41) is 8.86. The van der Waals surface area contributed by atoms with Gasteiger partial charge < -0.3 is 4.74 Å². The minimum atomic E-state index is -0.626. The maximum Gasteiger partial charge on any atom is 0.328 e. The average Bonchev–Trinajstić information content (AvgIpc) is 2.77. The molecule has 1 atom stereocenters. The van der Waals surface area contributed by atoms with Crippen LogP contribution in [0.15, 0.2) is 9.59 Å². The fourth-order valence-electron chi connectivity index (χ4n) is 2.02. The first-order chi connectivity index (χ1) is 8.13. The van der Waals surface area contributed by atoms with Gasteiger partial charge in [-0.3, -0.25) is 14.3 Å². The summed E-state index contributed by atoms with van der Waals surface area (Å²) in [5.74, 6) is 0. The van der Waals surface area contributed by atoms with Crippen LogP contribution in [-0.4, -0.2) is 22.3 Å². The van der Waals surface area contributed by atoms with Gasteiger partial charge in [-0.15, -0.1) is 0 Å². The van der Waals surface area contributed by atoms with Crippen molar-refractivity contribution in [3.05, 3.63) is 32.1 Å². The van der Waals surface area contributed by atoms with Crippen LogP contribution in [0.5, 0.6) is 0 Å². The van der Waals surface area contributed by atoms with Gasteiger partial charge in [0.2, 0.25) is 0 Å². The van der Waals surface area contributed by atoms with Crippen molar-refractivity contribution in [3.8, 4) is 6.07 Å². The summed E-state index contributed by atoms with van der Waals surface area (Å²) in [7, 11) is 0. The predicted octanol–water partition coefficient (Wildman–Crippen LogP) is -0.104. The van der Waals surface area contributed by atoms with Gasteiger partial charge in [-0.2, -0.15) is 5.26 Å². The molecule has 2 rings (SSSR count). The second-order valence-corrected chi connectivity index (χ2v) is 4.08. The third-order valence-corrected chi connectivity index (χ3v) is 2.98. The van der Waals surface area contributed by atoms with E-state index in [2.05, 4.69) is 4.98 Å². The van der Waals surface area contributed by atoms with E-state index in [1.54, 1.807) is 6.92 Å².